The summed E-state index contributed by atoms with van der Waals surface area (Å²) in [5.41, 5.74) is 0. The molecule has 0 aliphatic carbocycles. The third-order valence-electron chi connectivity index (χ3n) is 1.69. The lowest BCUT2D eigenvalue weighted by Crippen LogP contribution is -2.51. The average molecular weight is 223 g/mol. The fraction of sp³-hybridized carbons (Fsp3) is 0.857. The highest BCUT2D eigenvalue weighted by atomic mass is 32.2. The van der Waals surface area contributed by atoms with Crippen molar-refractivity contribution in [2.75, 3.05) is 32.0 Å². The second-order valence-electron chi connectivity index (χ2n) is 3.10. The standard InChI is InChI=1S/C7H13NO5S/c1-12-5-13-2-6-3-14(10,11)4-7(9)8-6/h6H,2-5H2,1H3,(H,8,9). The number of carbonyl (C=O) groups excluding carboxylic acids is 1. The molecule has 1 N–H and O–H groups in total. The lowest BCUT2D eigenvalue weighted by molar-refractivity contribution is -0.120. The Bertz CT molecular complexity index is 299. The first-order valence-electron chi connectivity index (χ1n) is 4.10. The summed E-state index contributed by atoms with van der Waals surface area (Å²) in [5.74, 6) is -0.960. The maximum Gasteiger partial charge on any atom is 0.235 e. The molecule has 0 saturated carbocycles. The highest BCUT2D eigenvalue weighted by Crippen LogP contribution is 2.02. The summed E-state index contributed by atoms with van der Waals surface area (Å²) in [7, 11) is -1.78. The molecule has 1 rings (SSSR count). The predicted molar refractivity (Wildman–Crippen MR) is 48.4 cm³/mol. The molecule has 1 atom stereocenters. The summed E-state index contributed by atoms with van der Waals surface area (Å²) < 4.78 is 31.9. The monoisotopic (exact) mass is 223 g/mol. The Kier molecular flexibility index (Phi) is 3.85. The zero-order chi connectivity index (χ0) is 10.6. The number of sulfone groups is 1. The molecular weight excluding hydrogens is 210 g/mol. The molecule has 0 aromatic rings. The Morgan fingerprint density at radius 1 is 1.57 bits per heavy atom. The molecule has 7 heteroatoms. The smallest absolute Gasteiger partial charge is 0.235 e. The molecule has 1 unspecified atom stereocenters. The van der Waals surface area contributed by atoms with Crippen LogP contribution < -0.4 is 5.32 Å². The Morgan fingerprint density at radius 2 is 2.29 bits per heavy atom. The van der Waals surface area contributed by atoms with Crippen LogP contribution in [0.1, 0.15) is 0 Å². The molecule has 0 bridgehead atoms. The van der Waals surface area contributed by atoms with Gasteiger partial charge in [-0.05, 0) is 0 Å². The number of nitrogens with one attached hydrogen (secondary N) is 1. The highest BCUT2D eigenvalue weighted by molar-refractivity contribution is 7.92. The number of methoxy groups -OCH3 is 1. The van der Waals surface area contributed by atoms with E-state index in [0.717, 1.165) is 0 Å². The fourth-order valence-electron chi connectivity index (χ4n) is 1.24. The second-order valence-corrected chi connectivity index (χ2v) is 5.21. The Hall–Kier alpha value is -0.660. The van der Waals surface area contributed by atoms with Crippen LogP contribution in [0.15, 0.2) is 0 Å². The van der Waals surface area contributed by atoms with Crippen molar-refractivity contribution in [1.29, 1.82) is 0 Å². The van der Waals surface area contributed by atoms with Gasteiger partial charge >= 0.3 is 0 Å². The third kappa shape index (κ3) is 3.60. The van der Waals surface area contributed by atoms with Crippen LogP contribution in [0.5, 0.6) is 0 Å². The number of ether oxygens (including phenoxy) is 2. The Morgan fingerprint density at radius 3 is 2.86 bits per heavy atom. The van der Waals surface area contributed by atoms with Gasteiger partial charge in [0, 0.05) is 7.11 Å². The van der Waals surface area contributed by atoms with Gasteiger partial charge in [-0.1, -0.05) is 0 Å². The van der Waals surface area contributed by atoms with Gasteiger partial charge in [0.1, 0.15) is 12.5 Å². The van der Waals surface area contributed by atoms with Crippen LogP contribution in [0.25, 0.3) is 0 Å². The van der Waals surface area contributed by atoms with Gasteiger partial charge in [0.2, 0.25) is 5.91 Å². The van der Waals surface area contributed by atoms with E-state index in [1.807, 2.05) is 0 Å². The lowest BCUT2D eigenvalue weighted by Gasteiger charge is -2.22. The summed E-state index contributed by atoms with van der Waals surface area (Å²) >= 11 is 0. The van der Waals surface area contributed by atoms with E-state index in [-0.39, 0.29) is 19.2 Å². The normalized spacial score (nSPS) is 25.8. The van der Waals surface area contributed by atoms with Crippen molar-refractivity contribution in [1.82, 2.24) is 5.32 Å². The summed E-state index contributed by atoms with van der Waals surface area (Å²) in [4.78, 5) is 10.9. The number of rotatable bonds is 4. The molecule has 1 aliphatic rings. The predicted octanol–water partition coefficient (Wildman–Crippen LogP) is -1.48. The Balaban J connectivity index is 2.42. The first-order valence-corrected chi connectivity index (χ1v) is 5.92. The van der Waals surface area contributed by atoms with Crippen molar-refractivity contribution in [3.8, 4) is 0 Å². The number of hydrogen-bond donors (Lipinski definition) is 1. The van der Waals surface area contributed by atoms with Crippen LogP contribution in [0.3, 0.4) is 0 Å². The quantitative estimate of drug-likeness (QED) is 0.464. The molecular formula is C7H13NO5S. The zero-order valence-corrected chi connectivity index (χ0v) is 8.67. The molecule has 0 spiro atoms. The molecule has 1 aliphatic heterocycles. The summed E-state index contributed by atoms with van der Waals surface area (Å²) in [6, 6.07) is -0.462. The van der Waals surface area contributed by atoms with Crippen LogP contribution in [0.4, 0.5) is 0 Å². The molecule has 0 aromatic heterocycles. The first kappa shape index (κ1) is 11.4. The molecule has 0 aromatic carbocycles. The third-order valence-corrected chi connectivity index (χ3v) is 3.30. The maximum absolute atomic E-state index is 11.2. The minimum Gasteiger partial charge on any atom is -0.359 e. The fourth-order valence-corrected chi connectivity index (χ4v) is 2.63. The van der Waals surface area contributed by atoms with Crippen molar-refractivity contribution < 1.29 is 22.7 Å². The van der Waals surface area contributed by atoms with E-state index in [0.29, 0.717) is 0 Å². The van der Waals surface area contributed by atoms with Gasteiger partial charge < -0.3 is 14.8 Å². The maximum atomic E-state index is 11.2. The van der Waals surface area contributed by atoms with Gasteiger partial charge in [-0.25, -0.2) is 8.42 Å². The van der Waals surface area contributed by atoms with Crippen molar-refractivity contribution in [3.05, 3.63) is 0 Å². The van der Waals surface area contributed by atoms with E-state index in [1.165, 1.54) is 7.11 Å². The van der Waals surface area contributed by atoms with Gasteiger partial charge in [-0.2, -0.15) is 0 Å². The minimum absolute atomic E-state index is 0.0670. The van der Waals surface area contributed by atoms with Gasteiger partial charge in [0.15, 0.2) is 9.84 Å². The first-order chi connectivity index (χ1) is 6.53. The van der Waals surface area contributed by atoms with E-state index in [1.54, 1.807) is 0 Å². The van der Waals surface area contributed by atoms with E-state index < -0.39 is 27.5 Å². The average Bonchev–Trinajstić information content (AvgIpc) is 2.00. The largest absolute Gasteiger partial charge is 0.359 e. The van der Waals surface area contributed by atoms with Gasteiger partial charge in [-0.15, -0.1) is 0 Å². The molecule has 1 fully saturated rings. The number of hydrogen-bond acceptors (Lipinski definition) is 5. The van der Waals surface area contributed by atoms with Gasteiger partial charge in [-0.3, -0.25) is 4.79 Å². The molecule has 14 heavy (non-hydrogen) atoms. The van der Waals surface area contributed by atoms with Crippen LogP contribution >= 0.6 is 0 Å². The molecule has 82 valence electrons. The molecule has 1 saturated heterocycles. The second kappa shape index (κ2) is 4.72. The van der Waals surface area contributed by atoms with Gasteiger partial charge in [0.25, 0.3) is 0 Å². The molecule has 1 amide bonds. The molecule has 6 nitrogen and oxygen atoms in total. The topological polar surface area (TPSA) is 81.7 Å². The van der Waals surface area contributed by atoms with E-state index >= 15 is 0 Å². The van der Waals surface area contributed by atoms with Gasteiger partial charge in [0.05, 0.1) is 18.4 Å². The van der Waals surface area contributed by atoms with E-state index in [9.17, 15) is 13.2 Å². The van der Waals surface area contributed by atoms with Crippen LogP contribution in [0, 0.1) is 0 Å². The van der Waals surface area contributed by atoms with Crippen molar-refractivity contribution >= 4 is 15.7 Å². The zero-order valence-electron chi connectivity index (χ0n) is 7.86. The van der Waals surface area contributed by atoms with Crippen LogP contribution in [0.2, 0.25) is 0 Å². The summed E-state index contributed by atoms with van der Waals surface area (Å²) in [6.45, 7) is 0.241. The van der Waals surface area contributed by atoms with Crippen LogP contribution in [-0.4, -0.2) is 52.4 Å². The van der Waals surface area contributed by atoms with Crippen molar-refractivity contribution in [3.63, 3.8) is 0 Å². The number of carbonyl (C=O) groups is 1. The lowest BCUT2D eigenvalue weighted by atomic mass is 10.3. The Labute approximate surface area is 82.5 Å². The minimum atomic E-state index is -3.25. The van der Waals surface area contributed by atoms with Crippen molar-refractivity contribution in [2.45, 2.75) is 6.04 Å². The highest BCUT2D eigenvalue weighted by Gasteiger charge is 2.29. The molecule has 1 heterocycles. The van der Waals surface area contributed by atoms with Crippen molar-refractivity contribution in [2.24, 2.45) is 0 Å². The van der Waals surface area contributed by atoms with E-state index in [4.69, 9.17) is 4.74 Å². The number of amides is 1. The SMILES string of the molecule is COCOCC1CS(=O)(=O)CC(=O)N1. The van der Waals surface area contributed by atoms with Crippen LogP contribution in [-0.2, 0) is 24.1 Å². The van der Waals surface area contributed by atoms with E-state index in [2.05, 4.69) is 10.1 Å². The summed E-state index contributed by atoms with van der Waals surface area (Å²) in [6.07, 6.45) is 0. The summed E-state index contributed by atoms with van der Waals surface area (Å²) in [5, 5.41) is 2.53. The molecule has 0 radical (unpaired) electrons.